The van der Waals surface area contributed by atoms with E-state index in [-0.39, 0.29) is 0 Å². The molecule has 3 rings (SSSR count). The van der Waals surface area contributed by atoms with Gasteiger partial charge in [-0.1, -0.05) is 0 Å². The van der Waals surface area contributed by atoms with E-state index in [0.29, 0.717) is 0 Å². The standard InChI is InChI=1S/C17H29N3S/c1-18-12-16-4-5-17(21-16)14-20-10-6-15(7-11-20)13-19-8-2-3-9-19/h4-5,15,18H,2-3,6-14H2,1H3. The number of hydrogen-bond acceptors (Lipinski definition) is 4. The Kier molecular flexibility index (Phi) is 5.69. The Morgan fingerprint density at radius 2 is 1.76 bits per heavy atom. The third-order valence-electron chi connectivity index (χ3n) is 4.87. The quantitative estimate of drug-likeness (QED) is 0.872. The van der Waals surface area contributed by atoms with Gasteiger partial charge in [-0.05, 0) is 77.0 Å². The van der Waals surface area contributed by atoms with E-state index < -0.39 is 0 Å². The van der Waals surface area contributed by atoms with Crippen molar-refractivity contribution >= 4 is 11.3 Å². The summed E-state index contributed by atoms with van der Waals surface area (Å²) in [5, 5.41) is 3.23. The molecule has 2 saturated heterocycles. The average Bonchev–Trinajstić information content (AvgIpc) is 3.14. The lowest BCUT2D eigenvalue weighted by Gasteiger charge is -2.33. The summed E-state index contributed by atoms with van der Waals surface area (Å²) < 4.78 is 0. The summed E-state index contributed by atoms with van der Waals surface area (Å²) in [5.74, 6) is 0.947. The molecule has 0 aromatic carbocycles. The van der Waals surface area contributed by atoms with E-state index in [1.54, 1.807) is 0 Å². The third kappa shape index (κ3) is 4.52. The first-order chi connectivity index (χ1) is 10.3. The number of thiophene rings is 1. The van der Waals surface area contributed by atoms with E-state index in [1.807, 2.05) is 18.4 Å². The van der Waals surface area contributed by atoms with E-state index in [0.717, 1.165) is 19.0 Å². The van der Waals surface area contributed by atoms with Crippen LogP contribution in [-0.2, 0) is 13.1 Å². The predicted octanol–water partition coefficient (Wildman–Crippen LogP) is 2.78. The monoisotopic (exact) mass is 307 g/mol. The van der Waals surface area contributed by atoms with Crippen molar-refractivity contribution in [2.45, 2.75) is 38.8 Å². The van der Waals surface area contributed by atoms with E-state index in [9.17, 15) is 0 Å². The van der Waals surface area contributed by atoms with Gasteiger partial charge in [-0.25, -0.2) is 0 Å². The lowest BCUT2D eigenvalue weighted by Crippen LogP contribution is -2.37. The van der Waals surface area contributed by atoms with Gasteiger partial charge in [0.2, 0.25) is 0 Å². The zero-order valence-electron chi connectivity index (χ0n) is 13.3. The van der Waals surface area contributed by atoms with Crippen molar-refractivity contribution in [3.63, 3.8) is 0 Å². The highest BCUT2D eigenvalue weighted by Gasteiger charge is 2.22. The molecule has 1 N–H and O–H groups in total. The Hall–Kier alpha value is -0.420. The van der Waals surface area contributed by atoms with Gasteiger partial charge >= 0.3 is 0 Å². The highest BCUT2D eigenvalue weighted by atomic mass is 32.1. The van der Waals surface area contributed by atoms with Crippen LogP contribution in [-0.4, -0.2) is 49.6 Å². The summed E-state index contributed by atoms with van der Waals surface area (Å²) >= 11 is 1.97. The molecule has 0 aliphatic carbocycles. The molecule has 0 bridgehead atoms. The second-order valence-electron chi connectivity index (χ2n) is 6.63. The molecule has 2 fully saturated rings. The first kappa shape index (κ1) is 15.5. The second-order valence-corrected chi connectivity index (χ2v) is 7.88. The number of hydrogen-bond donors (Lipinski definition) is 1. The minimum absolute atomic E-state index is 0.947. The molecule has 0 saturated carbocycles. The normalized spacial score (nSPS) is 22.1. The van der Waals surface area contributed by atoms with Crippen LogP contribution in [0.3, 0.4) is 0 Å². The topological polar surface area (TPSA) is 18.5 Å². The molecule has 21 heavy (non-hydrogen) atoms. The van der Waals surface area contributed by atoms with Gasteiger partial charge in [0, 0.05) is 29.4 Å². The first-order valence-corrected chi connectivity index (χ1v) is 9.32. The third-order valence-corrected chi connectivity index (χ3v) is 5.94. The molecule has 2 aliphatic heterocycles. The molecule has 2 aliphatic rings. The fraction of sp³-hybridized carbons (Fsp3) is 0.765. The number of likely N-dealkylation sites (tertiary alicyclic amines) is 2. The molecule has 4 heteroatoms. The highest BCUT2D eigenvalue weighted by Crippen LogP contribution is 2.24. The van der Waals surface area contributed by atoms with Gasteiger partial charge in [0.25, 0.3) is 0 Å². The summed E-state index contributed by atoms with van der Waals surface area (Å²) in [6.07, 6.45) is 5.63. The van der Waals surface area contributed by atoms with Crippen LogP contribution < -0.4 is 5.32 Å². The zero-order valence-corrected chi connectivity index (χ0v) is 14.1. The van der Waals surface area contributed by atoms with Gasteiger partial charge < -0.3 is 10.2 Å². The van der Waals surface area contributed by atoms with Crippen molar-refractivity contribution in [3.05, 3.63) is 21.9 Å². The zero-order chi connectivity index (χ0) is 14.5. The summed E-state index contributed by atoms with van der Waals surface area (Å²) in [7, 11) is 2.02. The van der Waals surface area contributed by atoms with Gasteiger partial charge in [0.05, 0.1) is 0 Å². The lowest BCUT2D eigenvalue weighted by molar-refractivity contribution is 0.150. The first-order valence-electron chi connectivity index (χ1n) is 8.50. The van der Waals surface area contributed by atoms with Crippen molar-refractivity contribution in [3.8, 4) is 0 Å². The van der Waals surface area contributed by atoms with Crippen LogP contribution in [0.1, 0.15) is 35.4 Å². The van der Waals surface area contributed by atoms with Crippen molar-refractivity contribution in [1.82, 2.24) is 15.1 Å². The number of nitrogens with one attached hydrogen (secondary N) is 1. The van der Waals surface area contributed by atoms with Gasteiger partial charge in [0.15, 0.2) is 0 Å². The van der Waals surface area contributed by atoms with Gasteiger partial charge in [-0.3, -0.25) is 4.90 Å². The van der Waals surface area contributed by atoms with Crippen molar-refractivity contribution in [1.29, 1.82) is 0 Å². The summed E-state index contributed by atoms with van der Waals surface area (Å²) in [6, 6.07) is 4.59. The molecule has 3 heterocycles. The molecular weight excluding hydrogens is 278 g/mol. The summed E-state index contributed by atoms with van der Waals surface area (Å²) in [4.78, 5) is 8.31. The van der Waals surface area contributed by atoms with Crippen molar-refractivity contribution in [2.24, 2.45) is 5.92 Å². The van der Waals surface area contributed by atoms with Crippen LogP contribution in [0.4, 0.5) is 0 Å². The molecule has 118 valence electrons. The largest absolute Gasteiger partial charge is 0.315 e. The molecule has 0 unspecified atom stereocenters. The van der Waals surface area contributed by atoms with E-state index in [4.69, 9.17) is 0 Å². The molecule has 3 nitrogen and oxygen atoms in total. The van der Waals surface area contributed by atoms with Crippen LogP contribution in [0, 0.1) is 5.92 Å². The summed E-state index contributed by atoms with van der Waals surface area (Å²) in [6.45, 7) is 8.80. The maximum Gasteiger partial charge on any atom is 0.0328 e. The Morgan fingerprint density at radius 3 is 2.48 bits per heavy atom. The molecule has 0 radical (unpaired) electrons. The number of piperidine rings is 1. The lowest BCUT2D eigenvalue weighted by atomic mass is 9.96. The maximum absolute atomic E-state index is 3.23. The Bertz CT molecular complexity index is 417. The molecule has 0 amide bonds. The fourth-order valence-corrected chi connectivity index (χ4v) is 4.73. The van der Waals surface area contributed by atoms with Crippen LogP contribution >= 0.6 is 11.3 Å². The molecule has 1 aromatic rings. The van der Waals surface area contributed by atoms with E-state index in [1.165, 1.54) is 68.2 Å². The Balaban J connectivity index is 1.40. The van der Waals surface area contributed by atoms with Crippen molar-refractivity contribution < 1.29 is 0 Å². The molecular formula is C17H29N3S. The molecule has 1 aromatic heterocycles. The fourth-order valence-electron chi connectivity index (χ4n) is 3.65. The molecule has 0 atom stereocenters. The maximum atomic E-state index is 3.23. The average molecular weight is 308 g/mol. The van der Waals surface area contributed by atoms with Crippen LogP contribution in [0.5, 0.6) is 0 Å². The number of nitrogens with zero attached hydrogens (tertiary/aromatic N) is 2. The number of rotatable bonds is 6. The molecule has 0 spiro atoms. The Morgan fingerprint density at radius 1 is 1.05 bits per heavy atom. The minimum Gasteiger partial charge on any atom is -0.315 e. The van der Waals surface area contributed by atoms with Crippen LogP contribution in [0.2, 0.25) is 0 Å². The van der Waals surface area contributed by atoms with Gasteiger partial charge in [-0.15, -0.1) is 11.3 Å². The van der Waals surface area contributed by atoms with Crippen LogP contribution in [0.25, 0.3) is 0 Å². The smallest absolute Gasteiger partial charge is 0.0328 e. The SMILES string of the molecule is CNCc1ccc(CN2CCC(CN3CCCC3)CC2)s1. The highest BCUT2D eigenvalue weighted by molar-refractivity contribution is 7.11. The van der Waals surface area contributed by atoms with E-state index in [2.05, 4.69) is 27.2 Å². The van der Waals surface area contributed by atoms with Gasteiger partial charge in [0.1, 0.15) is 0 Å². The van der Waals surface area contributed by atoms with E-state index >= 15 is 0 Å². The predicted molar refractivity (Wildman–Crippen MR) is 90.8 cm³/mol. The minimum atomic E-state index is 0.947. The van der Waals surface area contributed by atoms with Gasteiger partial charge in [-0.2, -0.15) is 0 Å². The van der Waals surface area contributed by atoms with Crippen LogP contribution in [0.15, 0.2) is 12.1 Å². The van der Waals surface area contributed by atoms with Crippen molar-refractivity contribution in [2.75, 3.05) is 39.8 Å². The second kappa shape index (κ2) is 7.73. The summed E-state index contributed by atoms with van der Waals surface area (Å²) in [5.41, 5.74) is 0. The Labute approximate surface area is 133 Å².